The number of rotatable bonds is 3. The summed E-state index contributed by atoms with van der Waals surface area (Å²) in [6.07, 6.45) is -0.589. The number of carbonyl (C=O) groups is 1. The van der Waals surface area contributed by atoms with Crippen molar-refractivity contribution in [2.75, 3.05) is 5.43 Å². The highest BCUT2D eigenvalue weighted by Gasteiger charge is 2.40. The van der Waals surface area contributed by atoms with Crippen molar-refractivity contribution in [1.29, 1.82) is 0 Å². The van der Waals surface area contributed by atoms with Gasteiger partial charge < -0.3 is 10.4 Å². The molecule has 0 saturated heterocycles. The Labute approximate surface area is 172 Å². The smallest absolute Gasteiger partial charge is 0.417 e. The summed E-state index contributed by atoms with van der Waals surface area (Å²) in [5, 5.41) is 7.71. The van der Waals surface area contributed by atoms with E-state index >= 15 is 0 Å². The Hall–Kier alpha value is -2.79. The monoisotopic (exact) mass is 439 g/mol. The molecule has 0 amide bonds. The highest BCUT2D eigenvalue weighted by Crippen LogP contribution is 2.36. The molecule has 3 N–H and O–H groups in total. The number of hydrogen-bond donors (Lipinski definition) is 2. The molecule has 0 bridgehead atoms. The van der Waals surface area contributed by atoms with Crippen LogP contribution in [0.3, 0.4) is 0 Å². The number of Topliss-reactive ketones (excluding diaryl/α,β-unsaturated/α-hetero) is 1. The van der Waals surface area contributed by atoms with Crippen LogP contribution in [0.1, 0.15) is 25.8 Å². The molecule has 0 radical (unpaired) electrons. The second-order valence-electron chi connectivity index (χ2n) is 7.12. The van der Waals surface area contributed by atoms with Crippen LogP contribution in [0.2, 0.25) is 0 Å². The minimum atomic E-state index is -4.87. The number of nitrogens with zero attached hydrogens (tertiary/aromatic N) is 2. The first-order valence-electron chi connectivity index (χ1n) is 8.85. The molecule has 3 atom stereocenters. The fourth-order valence-electron chi connectivity index (χ4n) is 3.68. The number of nitrogens with one attached hydrogen (secondary N) is 1. The summed E-state index contributed by atoms with van der Waals surface area (Å²) in [7, 11) is 0. The summed E-state index contributed by atoms with van der Waals surface area (Å²) in [6.45, 7) is 3.60. The summed E-state index contributed by atoms with van der Waals surface area (Å²) in [4.78, 5) is 12.1. The standard InChI is InChI=1S/C19H19F3N4O3S/c1-9-5-11-7-10(2)17(18(27)16(11)14(6-9)24-23)26-25-12-3-4-15(30(28)29)13(8-12)19(20,21)22/h3-4,6-8,11,16,25H,5,23H2,1-2H3,(H,28,29)/p-1/b24-14-,26-17+. The molecule has 30 heavy (non-hydrogen) atoms. The first-order valence-corrected chi connectivity index (χ1v) is 9.92. The van der Waals surface area contributed by atoms with Crippen LogP contribution in [0.4, 0.5) is 18.9 Å². The van der Waals surface area contributed by atoms with E-state index in [4.69, 9.17) is 5.84 Å². The maximum Gasteiger partial charge on any atom is 0.417 e. The van der Waals surface area contributed by atoms with Crippen molar-refractivity contribution in [2.24, 2.45) is 27.9 Å². The van der Waals surface area contributed by atoms with E-state index in [0.29, 0.717) is 23.8 Å². The van der Waals surface area contributed by atoms with Gasteiger partial charge in [0, 0.05) is 4.90 Å². The van der Waals surface area contributed by atoms with E-state index in [1.807, 2.05) is 13.0 Å². The third-order valence-corrected chi connectivity index (χ3v) is 5.68. The molecule has 2 aliphatic rings. The molecule has 0 fully saturated rings. The van der Waals surface area contributed by atoms with Gasteiger partial charge in [0.15, 0.2) is 5.78 Å². The van der Waals surface area contributed by atoms with E-state index in [2.05, 4.69) is 15.6 Å². The first-order chi connectivity index (χ1) is 14.0. The number of alkyl halides is 3. The minimum absolute atomic E-state index is 0.0513. The lowest BCUT2D eigenvalue weighted by molar-refractivity contribution is -0.139. The summed E-state index contributed by atoms with van der Waals surface area (Å²) in [5.74, 6) is 4.36. The molecule has 2 aliphatic carbocycles. The second-order valence-corrected chi connectivity index (χ2v) is 8.03. The fraction of sp³-hybridized carbons (Fsp3) is 0.316. The average molecular weight is 439 g/mol. The number of halogens is 3. The SMILES string of the molecule is CC1=C/C(=N/N)C2C(=O)/C(=N/Nc3ccc(S(=O)[O-])c(C(F)(F)F)c3)C(C)=CC2C1. The zero-order chi connectivity index (χ0) is 22.2. The number of benzene rings is 1. The number of carbonyl (C=O) groups excluding carboxylic acids is 1. The van der Waals surface area contributed by atoms with Gasteiger partial charge in [0.25, 0.3) is 0 Å². The molecule has 0 spiro atoms. The van der Waals surface area contributed by atoms with Crippen molar-refractivity contribution < 1.29 is 26.7 Å². The number of ketones is 1. The van der Waals surface area contributed by atoms with E-state index < -0.39 is 33.6 Å². The van der Waals surface area contributed by atoms with Crippen LogP contribution in [-0.2, 0) is 22.1 Å². The zero-order valence-electron chi connectivity index (χ0n) is 16.0. The van der Waals surface area contributed by atoms with Crippen LogP contribution in [0.5, 0.6) is 0 Å². The molecule has 11 heteroatoms. The van der Waals surface area contributed by atoms with Gasteiger partial charge in [-0.25, -0.2) is 0 Å². The van der Waals surface area contributed by atoms with Gasteiger partial charge in [0.05, 0.1) is 22.9 Å². The largest absolute Gasteiger partial charge is 0.768 e. The Balaban J connectivity index is 1.94. The molecule has 0 aliphatic heterocycles. The van der Waals surface area contributed by atoms with Gasteiger partial charge >= 0.3 is 6.18 Å². The van der Waals surface area contributed by atoms with Crippen LogP contribution in [0.25, 0.3) is 0 Å². The summed E-state index contributed by atoms with van der Waals surface area (Å²) >= 11 is -3.06. The molecule has 3 unspecified atom stereocenters. The molecule has 0 saturated carbocycles. The Kier molecular flexibility index (Phi) is 5.95. The van der Waals surface area contributed by atoms with Crippen LogP contribution in [-0.4, -0.2) is 26.0 Å². The molecule has 3 rings (SSSR count). The molecule has 0 heterocycles. The Bertz CT molecular complexity index is 1040. The van der Waals surface area contributed by atoms with Gasteiger partial charge in [-0.3, -0.25) is 14.4 Å². The molecule has 1 aromatic carbocycles. The highest BCUT2D eigenvalue weighted by atomic mass is 32.2. The van der Waals surface area contributed by atoms with Crippen molar-refractivity contribution >= 4 is 34.0 Å². The van der Waals surface area contributed by atoms with Gasteiger partial charge in [-0.05, 0) is 67.1 Å². The Morgan fingerprint density at radius 1 is 1.30 bits per heavy atom. The van der Waals surface area contributed by atoms with Crippen molar-refractivity contribution in [1.82, 2.24) is 0 Å². The number of fused-ring (bicyclic) bond motifs is 1. The van der Waals surface area contributed by atoms with Crippen LogP contribution >= 0.6 is 0 Å². The predicted octanol–water partition coefficient (Wildman–Crippen LogP) is 3.14. The highest BCUT2D eigenvalue weighted by molar-refractivity contribution is 7.79. The normalized spacial score (nSPS) is 25.6. The topological polar surface area (TPSA) is 120 Å². The van der Waals surface area contributed by atoms with E-state index in [1.165, 1.54) is 0 Å². The molecular weight excluding hydrogens is 421 g/mol. The zero-order valence-corrected chi connectivity index (χ0v) is 16.8. The van der Waals surface area contributed by atoms with E-state index in [0.717, 1.165) is 17.7 Å². The average Bonchev–Trinajstić information content (AvgIpc) is 2.65. The van der Waals surface area contributed by atoms with Gasteiger partial charge in [0.1, 0.15) is 5.71 Å². The van der Waals surface area contributed by atoms with Crippen molar-refractivity contribution in [3.8, 4) is 0 Å². The van der Waals surface area contributed by atoms with Crippen molar-refractivity contribution in [2.45, 2.75) is 31.3 Å². The number of hydrazone groups is 2. The maximum atomic E-state index is 13.2. The molecule has 0 aromatic heterocycles. The Morgan fingerprint density at radius 2 is 2.00 bits per heavy atom. The van der Waals surface area contributed by atoms with Gasteiger partial charge in [0.2, 0.25) is 0 Å². The molecule has 7 nitrogen and oxygen atoms in total. The molecular formula is C19H18F3N4O3S-. The first kappa shape index (κ1) is 21.9. The molecule has 1 aromatic rings. The summed E-state index contributed by atoms with van der Waals surface area (Å²) in [6, 6.07) is 2.59. The third-order valence-electron chi connectivity index (χ3n) is 4.96. The quantitative estimate of drug-likeness (QED) is 0.426. The lowest BCUT2D eigenvalue weighted by Crippen LogP contribution is -2.41. The van der Waals surface area contributed by atoms with E-state index in [-0.39, 0.29) is 23.1 Å². The number of nitrogens with two attached hydrogens (primary N) is 1. The van der Waals surface area contributed by atoms with Crippen LogP contribution < -0.4 is 11.3 Å². The molecule has 160 valence electrons. The lowest BCUT2D eigenvalue weighted by Gasteiger charge is -2.32. The summed E-state index contributed by atoms with van der Waals surface area (Å²) in [5.41, 5.74) is 3.08. The van der Waals surface area contributed by atoms with Crippen molar-refractivity contribution in [3.63, 3.8) is 0 Å². The van der Waals surface area contributed by atoms with Gasteiger partial charge in [-0.2, -0.15) is 23.4 Å². The van der Waals surface area contributed by atoms with Gasteiger partial charge in [-0.1, -0.05) is 11.6 Å². The van der Waals surface area contributed by atoms with E-state index in [1.54, 1.807) is 13.0 Å². The second kappa shape index (κ2) is 8.15. The van der Waals surface area contributed by atoms with E-state index in [9.17, 15) is 26.7 Å². The number of hydrogen-bond acceptors (Lipinski definition) is 7. The summed E-state index contributed by atoms with van der Waals surface area (Å²) < 4.78 is 61.7. The third kappa shape index (κ3) is 4.21. The maximum absolute atomic E-state index is 13.2. The predicted molar refractivity (Wildman–Crippen MR) is 105 cm³/mol. The van der Waals surface area contributed by atoms with Gasteiger partial charge in [-0.15, -0.1) is 0 Å². The van der Waals surface area contributed by atoms with Crippen LogP contribution in [0, 0.1) is 11.8 Å². The fourth-order valence-corrected chi connectivity index (χ4v) is 4.22. The number of anilines is 1. The Morgan fingerprint density at radius 3 is 2.60 bits per heavy atom. The lowest BCUT2D eigenvalue weighted by atomic mass is 9.70. The van der Waals surface area contributed by atoms with Crippen molar-refractivity contribution in [3.05, 3.63) is 47.1 Å². The van der Waals surface area contributed by atoms with Crippen LogP contribution in [0.15, 0.2) is 56.6 Å². The minimum Gasteiger partial charge on any atom is -0.768 e. The number of allylic oxidation sites excluding steroid dienone is 4.